The van der Waals surface area contributed by atoms with E-state index in [1.165, 1.54) is 12.1 Å². The van der Waals surface area contributed by atoms with Crippen LogP contribution < -0.4 is 5.32 Å². The maximum atomic E-state index is 13.6. The lowest BCUT2D eigenvalue weighted by Gasteiger charge is -2.37. The molecular formula is C18H27FN2O3. The van der Waals surface area contributed by atoms with Gasteiger partial charge in [0, 0.05) is 13.7 Å². The largest absolute Gasteiger partial charge is 0.382 e. The minimum Gasteiger partial charge on any atom is -0.382 e. The minimum atomic E-state index is -0.303. The van der Waals surface area contributed by atoms with Gasteiger partial charge in [-0.05, 0) is 23.1 Å². The van der Waals surface area contributed by atoms with Crippen LogP contribution in [0.3, 0.4) is 0 Å². The molecule has 0 radical (unpaired) electrons. The van der Waals surface area contributed by atoms with E-state index in [9.17, 15) is 9.18 Å². The number of carbonyl (C=O) groups excluding carboxylic acids is 1. The third-order valence-corrected chi connectivity index (χ3v) is 4.09. The molecule has 0 spiro atoms. The zero-order valence-electron chi connectivity index (χ0n) is 14.8. The Kier molecular flexibility index (Phi) is 6.18. The second-order valence-electron chi connectivity index (χ2n) is 7.20. The van der Waals surface area contributed by atoms with Gasteiger partial charge in [0.1, 0.15) is 5.82 Å². The van der Waals surface area contributed by atoms with Crippen LogP contribution in [0.1, 0.15) is 32.4 Å². The standard InChI is InChI=1S/C18H27FN2O3/c1-18(2,3)16(13-6-5-7-14(19)10-13)20-17(22)21-8-9-24-15(11-21)12-23-4/h5-7,10,15-16H,8-9,11-12H2,1-4H3,(H,20,22)/t15-,16+/m0/s1. The van der Waals surface area contributed by atoms with E-state index in [4.69, 9.17) is 9.47 Å². The molecule has 0 aromatic heterocycles. The van der Waals surface area contributed by atoms with Crippen LogP contribution >= 0.6 is 0 Å². The summed E-state index contributed by atoms with van der Waals surface area (Å²) in [6.45, 7) is 8.03. The second-order valence-corrected chi connectivity index (χ2v) is 7.20. The van der Waals surface area contributed by atoms with Crippen LogP contribution in [-0.4, -0.2) is 50.4 Å². The summed E-state index contributed by atoms with van der Waals surface area (Å²) in [6, 6.07) is 5.93. The van der Waals surface area contributed by atoms with E-state index in [1.807, 2.05) is 26.8 Å². The topological polar surface area (TPSA) is 50.8 Å². The molecule has 0 bridgehead atoms. The molecule has 2 amide bonds. The lowest BCUT2D eigenvalue weighted by molar-refractivity contribution is -0.0499. The van der Waals surface area contributed by atoms with Crippen molar-refractivity contribution in [3.05, 3.63) is 35.6 Å². The first kappa shape index (κ1) is 18.7. The number of urea groups is 1. The number of rotatable bonds is 4. The Morgan fingerprint density at radius 2 is 2.25 bits per heavy atom. The number of amides is 2. The predicted octanol–water partition coefficient (Wildman–Crippen LogP) is 2.97. The number of nitrogens with one attached hydrogen (secondary N) is 1. The van der Waals surface area contributed by atoms with E-state index in [-0.39, 0.29) is 29.4 Å². The van der Waals surface area contributed by atoms with Crippen LogP contribution in [0.5, 0.6) is 0 Å². The Morgan fingerprint density at radius 1 is 1.50 bits per heavy atom. The fourth-order valence-electron chi connectivity index (χ4n) is 2.89. The predicted molar refractivity (Wildman–Crippen MR) is 90.3 cm³/mol. The van der Waals surface area contributed by atoms with Crippen LogP contribution in [0.2, 0.25) is 0 Å². The number of halogens is 1. The van der Waals surface area contributed by atoms with E-state index in [2.05, 4.69) is 5.32 Å². The van der Waals surface area contributed by atoms with Crippen LogP contribution in [-0.2, 0) is 9.47 Å². The molecule has 1 heterocycles. The van der Waals surface area contributed by atoms with Crippen LogP contribution in [0, 0.1) is 11.2 Å². The molecule has 2 atom stereocenters. The van der Waals surface area contributed by atoms with Crippen molar-refractivity contribution in [2.24, 2.45) is 5.41 Å². The fourth-order valence-corrected chi connectivity index (χ4v) is 2.89. The van der Waals surface area contributed by atoms with E-state index in [0.717, 1.165) is 5.56 Å². The molecule has 0 unspecified atom stereocenters. The molecule has 5 nitrogen and oxygen atoms in total. The quantitative estimate of drug-likeness (QED) is 0.918. The van der Waals surface area contributed by atoms with Gasteiger partial charge >= 0.3 is 6.03 Å². The smallest absolute Gasteiger partial charge is 0.318 e. The summed E-state index contributed by atoms with van der Waals surface area (Å²) in [7, 11) is 1.61. The Hall–Kier alpha value is -1.66. The normalized spacial score (nSPS) is 19.9. The maximum absolute atomic E-state index is 13.6. The van der Waals surface area contributed by atoms with E-state index in [1.54, 1.807) is 18.1 Å². The zero-order valence-corrected chi connectivity index (χ0v) is 14.8. The molecule has 6 heteroatoms. The van der Waals surface area contributed by atoms with Gasteiger partial charge in [0.15, 0.2) is 0 Å². The van der Waals surface area contributed by atoms with Gasteiger partial charge in [0.05, 0.1) is 31.9 Å². The molecule has 1 saturated heterocycles. The number of ether oxygens (including phenoxy) is 2. The zero-order chi connectivity index (χ0) is 17.7. The van der Waals surface area contributed by atoms with E-state index >= 15 is 0 Å². The van der Waals surface area contributed by atoms with Gasteiger partial charge in [0.25, 0.3) is 0 Å². The molecule has 1 aromatic rings. The number of benzene rings is 1. The van der Waals surface area contributed by atoms with E-state index < -0.39 is 0 Å². The summed E-state index contributed by atoms with van der Waals surface area (Å²) < 4.78 is 24.3. The van der Waals surface area contributed by atoms with Gasteiger partial charge < -0.3 is 19.7 Å². The Balaban J connectivity index is 2.10. The first-order valence-corrected chi connectivity index (χ1v) is 8.22. The van der Waals surface area contributed by atoms with Gasteiger partial charge in [-0.1, -0.05) is 32.9 Å². The molecule has 134 valence electrons. The number of carbonyl (C=O) groups is 1. The average Bonchev–Trinajstić information content (AvgIpc) is 2.52. The van der Waals surface area contributed by atoms with Gasteiger partial charge in [-0.15, -0.1) is 0 Å². The molecule has 1 N–H and O–H groups in total. The van der Waals surface area contributed by atoms with Crippen LogP contribution in [0.4, 0.5) is 9.18 Å². The molecular weight excluding hydrogens is 311 g/mol. The van der Waals surface area contributed by atoms with E-state index in [0.29, 0.717) is 26.3 Å². The Labute approximate surface area is 143 Å². The number of nitrogens with zero attached hydrogens (tertiary/aromatic N) is 1. The van der Waals surface area contributed by atoms with Gasteiger partial charge in [-0.2, -0.15) is 0 Å². The third kappa shape index (κ3) is 4.92. The van der Waals surface area contributed by atoms with Crippen LogP contribution in [0.25, 0.3) is 0 Å². The highest BCUT2D eigenvalue weighted by Gasteiger charge is 2.31. The van der Waals surface area contributed by atoms with Gasteiger partial charge in [-0.3, -0.25) is 0 Å². The highest BCUT2D eigenvalue weighted by Crippen LogP contribution is 2.33. The van der Waals surface area contributed by atoms with Crippen molar-refractivity contribution in [3.63, 3.8) is 0 Å². The molecule has 1 aromatic carbocycles. The number of methoxy groups -OCH3 is 1. The summed E-state index contributed by atoms with van der Waals surface area (Å²) in [5.41, 5.74) is 0.513. The van der Waals surface area contributed by atoms with Crippen molar-refractivity contribution in [1.29, 1.82) is 0 Å². The molecule has 0 aliphatic carbocycles. The average molecular weight is 338 g/mol. The lowest BCUT2D eigenvalue weighted by Crippen LogP contribution is -2.52. The molecule has 2 rings (SSSR count). The first-order valence-electron chi connectivity index (χ1n) is 8.22. The Bertz CT molecular complexity index is 557. The monoisotopic (exact) mass is 338 g/mol. The van der Waals surface area contributed by atoms with Crippen molar-refractivity contribution in [2.45, 2.75) is 32.9 Å². The fraction of sp³-hybridized carbons (Fsp3) is 0.611. The molecule has 0 saturated carbocycles. The number of morpholine rings is 1. The molecule has 1 fully saturated rings. The summed E-state index contributed by atoms with van der Waals surface area (Å²) in [4.78, 5) is 14.4. The van der Waals surface area contributed by atoms with Crippen molar-refractivity contribution < 1.29 is 18.7 Å². The highest BCUT2D eigenvalue weighted by molar-refractivity contribution is 5.75. The molecule has 24 heavy (non-hydrogen) atoms. The maximum Gasteiger partial charge on any atom is 0.318 e. The summed E-state index contributed by atoms with van der Waals surface area (Å²) in [5, 5.41) is 3.06. The van der Waals surface area contributed by atoms with Gasteiger partial charge in [0.2, 0.25) is 0 Å². The lowest BCUT2D eigenvalue weighted by atomic mass is 9.82. The summed E-state index contributed by atoms with van der Waals surface area (Å²) >= 11 is 0. The van der Waals surface area contributed by atoms with Gasteiger partial charge in [-0.25, -0.2) is 9.18 Å². The first-order chi connectivity index (χ1) is 11.3. The van der Waals surface area contributed by atoms with Crippen molar-refractivity contribution in [2.75, 3.05) is 33.4 Å². The summed E-state index contributed by atoms with van der Waals surface area (Å²) in [5.74, 6) is -0.303. The highest BCUT2D eigenvalue weighted by atomic mass is 19.1. The van der Waals surface area contributed by atoms with Crippen molar-refractivity contribution in [3.8, 4) is 0 Å². The third-order valence-electron chi connectivity index (χ3n) is 4.09. The minimum absolute atomic E-state index is 0.114. The SMILES string of the molecule is COC[C@@H]1CN(C(=O)N[C@H](c2cccc(F)c2)C(C)(C)C)CCO1. The number of hydrogen-bond donors (Lipinski definition) is 1. The molecule has 1 aliphatic rings. The van der Waals surface area contributed by atoms with Crippen molar-refractivity contribution in [1.82, 2.24) is 10.2 Å². The Morgan fingerprint density at radius 3 is 2.88 bits per heavy atom. The molecule has 1 aliphatic heterocycles. The van der Waals surface area contributed by atoms with Crippen molar-refractivity contribution >= 4 is 6.03 Å². The summed E-state index contributed by atoms with van der Waals surface area (Å²) in [6.07, 6.45) is -0.114. The van der Waals surface area contributed by atoms with Crippen LogP contribution in [0.15, 0.2) is 24.3 Å². The second kappa shape index (κ2) is 7.94. The number of hydrogen-bond acceptors (Lipinski definition) is 3.